The molecule has 3 amide bonds. The minimum absolute atomic E-state index is 0.00378. The van der Waals surface area contributed by atoms with Crippen LogP contribution in [0, 0.1) is 23.0 Å². The molecule has 1 saturated heterocycles. The van der Waals surface area contributed by atoms with E-state index in [2.05, 4.69) is 10.3 Å². The van der Waals surface area contributed by atoms with Crippen LogP contribution in [0.15, 0.2) is 91.1 Å². The van der Waals surface area contributed by atoms with Crippen LogP contribution < -0.4 is 19.9 Å². The first-order chi connectivity index (χ1) is 24.9. The zero-order valence-corrected chi connectivity index (χ0v) is 28.1. The molecule has 2 heterocycles. The van der Waals surface area contributed by atoms with E-state index in [1.165, 1.54) is 36.5 Å². The highest BCUT2D eigenvalue weighted by Crippen LogP contribution is 2.39. The number of carbonyl (C=O) groups is 3. The average Bonchev–Trinajstić information content (AvgIpc) is 3.09. The molecule has 1 N–H and O–H groups in total. The van der Waals surface area contributed by atoms with Gasteiger partial charge in [0.15, 0.2) is 0 Å². The van der Waals surface area contributed by atoms with Gasteiger partial charge in [0.2, 0.25) is 11.8 Å². The first-order valence-electron chi connectivity index (χ1n) is 16.2. The number of aromatic nitrogens is 1. The molecule has 2 aliphatic rings. The highest BCUT2D eigenvalue weighted by molar-refractivity contribution is 6.31. The molecule has 0 spiro atoms. The van der Waals surface area contributed by atoms with E-state index in [4.69, 9.17) is 16.3 Å². The summed E-state index contributed by atoms with van der Waals surface area (Å²) in [5, 5.41) is 12.1. The number of nitrogens with one attached hydrogen (secondary N) is 1. The van der Waals surface area contributed by atoms with Crippen molar-refractivity contribution < 1.29 is 36.7 Å². The number of alkyl halides is 2. The summed E-state index contributed by atoms with van der Waals surface area (Å²) in [5.41, 5.74) is -0.244. The van der Waals surface area contributed by atoms with Gasteiger partial charge < -0.3 is 10.1 Å². The maximum atomic E-state index is 15.1. The zero-order chi connectivity index (χ0) is 37.0. The molecule has 1 saturated carbocycles. The van der Waals surface area contributed by atoms with Gasteiger partial charge in [-0.2, -0.15) is 5.26 Å². The fourth-order valence-electron chi connectivity index (χ4n) is 6.29. The Kier molecular flexibility index (Phi) is 10.7. The topological polar surface area (TPSA) is 119 Å². The lowest BCUT2D eigenvalue weighted by molar-refractivity contribution is -0.133. The Hall–Kier alpha value is -5.52. The van der Waals surface area contributed by atoms with Crippen molar-refractivity contribution in [3.05, 3.63) is 119 Å². The van der Waals surface area contributed by atoms with E-state index in [1.807, 2.05) is 12.1 Å². The second kappa shape index (κ2) is 15.4. The molecule has 1 aromatic heterocycles. The second-order valence-electron chi connectivity index (χ2n) is 12.4. The number of pyridine rings is 1. The first-order valence-corrected chi connectivity index (χ1v) is 16.6. The van der Waals surface area contributed by atoms with E-state index in [1.54, 1.807) is 35.2 Å². The van der Waals surface area contributed by atoms with Crippen molar-refractivity contribution in [2.75, 3.05) is 36.0 Å². The third kappa shape index (κ3) is 8.17. The zero-order valence-electron chi connectivity index (χ0n) is 27.4. The number of halogens is 5. The summed E-state index contributed by atoms with van der Waals surface area (Å²) in [6.45, 7) is -0.0702. The van der Waals surface area contributed by atoms with E-state index in [-0.39, 0.29) is 48.2 Å². The van der Waals surface area contributed by atoms with Gasteiger partial charge in [-0.3, -0.25) is 29.1 Å². The maximum Gasteiger partial charge on any atom is 0.252 e. The van der Waals surface area contributed by atoms with Crippen LogP contribution in [0.5, 0.6) is 5.75 Å². The Bertz CT molecular complexity index is 1990. The Labute approximate surface area is 301 Å². The average molecular weight is 735 g/mol. The predicted octanol–water partition coefficient (Wildman–Crippen LogP) is 5.67. The van der Waals surface area contributed by atoms with E-state index in [0.29, 0.717) is 11.8 Å². The van der Waals surface area contributed by atoms with Gasteiger partial charge in [-0.25, -0.2) is 22.5 Å². The third-order valence-corrected chi connectivity index (χ3v) is 9.05. The minimum atomic E-state index is -3.00. The van der Waals surface area contributed by atoms with Gasteiger partial charge in [0, 0.05) is 54.8 Å². The van der Waals surface area contributed by atoms with E-state index in [9.17, 15) is 32.4 Å². The van der Waals surface area contributed by atoms with Crippen LogP contribution in [-0.4, -0.2) is 71.9 Å². The summed E-state index contributed by atoms with van der Waals surface area (Å²) in [6, 6.07) is 17.6. The Morgan fingerprint density at radius 1 is 1.04 bits per heavy atom. The molecule has 10 nitrogen and oxygen atoms in total. The SMILES string of the molecule is N#Cc1ccnc(N2C(=O)CN(CCOc3ccccc3)C[C@H]2C(=O)N(c2cc(F)cc(F)c2)[C@H](C(=O)NC2CC(F)(F)C2)c2ccccc2Cl)c1. The smallest absolute Gasteiger partial charge is 0.252 e. The summed E-state index contributed by atoms with van der Waals surface area (Å²) >= 11 is 6.58. The molecule has 4 aromatic rings. The van der Waals surface area contributed by atoms with Crippen LogP contribution in [-0.2, 0) is 14.4 Å². The summed E-state index contributed by atoms with van der Waals surface area (Å²) in [6.07, 6.45) is -0.0123. The lowest BCUT2D eigenvalue weighted by Crippen LogP contribution is -2.64. The molecule has 0 unspecified atom stereocenters. The van der Waals surface area contributed by atoms with Crippen molar-refractivity contribution in [3.8, 4) is 11.8 Å². The van der Waals surface area contributed by atoms with Crippen molar-refractivity contribution in [2.45, 2.75) is 36.9 Å². The summed E-state index contributed by atoms with van der Waals surface area (Å²) in [5.74, 6) is -7.16. The highest BCUT2D eigenvalue weighted by Gasteiger charge is 2.49. The number of piperazine rings is 1. The molecular weight excluding hydrogens is 704 g/mol. The van der Waals surface area contributed by atoms with E-state index >= 15 is 4.79 Å². The molecule has 3 aromatic carbocycles. The molecule has 15 heteroatoms. The van der Waals surface area contributed by atoms with Crippen molar-refractivity contribution in [1.29, 1.82) is 5.26 Å². The lowest BCUT2D eigenvalue weighted by atomic mass is 9.87. The Balaban J connectivity index is 1.44. The quantitative estimate of drug-likeness (QED) is 0.197. The summed E-state index contributed by atoms with van der Waals surface area (Å²) in [7, 11) is 0. The van der Waals surface area contributed by atoms with Crippen LogP contribution in [0.3, 0.4) is 0 Å². The van der Waals surface area contributed by atoms with Crippen molar-refractivity contribution in [1.82, 2.24) is 15.2 Å². The van der Waals surface area contributed by atoms with Crippen LogP contribution in [0.4, 0.5) is 29.1 Å². The maximum absolute atomic E-state index is 15.1. The molecule has 2 atom stereocenters. The highest BCUT2D eigenvalue weighted by atomic mass is 35.5. The molecular formula is C37H31ClF4N6O4. The van der Waals surface area contributed by atoms with Crippen molar-refractivity contribution in [2.24, 2.45) is 0 Å². The van der Waals surface area contributed by atoms with E-state index in [0.717, 1.165) is 21.9 Å². The number of amides is 3. The predicted molar refractivity (Wildman–Crippen MR) is 183 cm³/mol. The van der Waals surface area contributed by atoms with Crippen LogP contribution in [0.1, 0.15) is 30.0 Å². The number of ether oxygens (including phenoxy) is 1. The molecule has 1 aliphatic heterocycles. The number of hydrogen-bond acceptors (Lipinski definition) is 7. The molecule has 0 bridgehead atoms. The Morgan fingerprint density at radius 2 is 1.73 bits per heavy atom. The third-order valence-electron chi connectivity index (χ3n) is 8.70. The van der Waals surface area contributed by atoms with Crippen LogP contribution in [0.25, 0.3) is 0 Å². The van der Waals surface area contributed by atoms with Gasteiger partial charge in [0.1, 0.15) is 41.9 Å². The van der Waals surface area contributed by atoms with Crippen LogP contribution >= 0.6 is 11.6 Å². The van der Waals surface area contributed by atoms with Crippen molar-refractivity contribution >= 4 is 40.8 Å². The van der Waals surface area contributed by atoms with Gasteiger partial charge in [-0.15, -0.1) is 0 Å². The summed E-state index contributed by atoms with van der Waals surface area (Å²) in [4.78, 5) is 51.1. The molecule has 6 rings (SSSR count). The van der Waals surface area contributed by atoms with Gasteiger partial charge in [0.05, 0.1) is 23.9 Å². The van der Waals surface area contributed by atoms with Crippen molar-refractivity contribution in [3.63, 3.8) is 0 Å². The normalized spacial score (nSPS) is 17.8. The number of para-hydroxylation sites is 1. The minimum Gasteiger partial charge on any atom is -0.492 e. The first kappa shape index (κ1) is 36.3. The standard InChI is InChI=1S/C37H31ClF4N6O4/c38-30-9-5-4-8-29(30)34(35(50)45-26-18-37(41,42)19-26)47(27-16-24(39)15-25(40)17-27)36(51)31-21-46(12-13-52-28-6-2-1-3-7-28)22-33(49)48(31)32-14-23(20-43)10-11-44-32/h1-11,14-17,26,31,34H,12-13,18-19,21-22H2,(H,45,50)/t31-,34-/m0/s1. The number of rotatable bonds is 11. The lowest BCUT2D eigenvalue weighted by Gasteiger charge is -2.43. The largest absolute Gasteiger partial charge is 0.492 e. The molecule has 2 fully saturated rings. The van der Waals surface area contributed by atoms with Gasteiger partial charge in [0.25, 0.3) is 11.8 Å². The van der Waals surface area contributed by atoms with Gasteiger partial charge in [-0.05, 0) is 42.5 Å². The molecule has 1 aliphatic carbocycles. The number of nitrogens with zero attached hydrogens (tertiary/aromatic N) is 5. The number of hydrogen-bond donors (Lipinski definition) is 1. The molecule has 268 valence electrons. The second-order valence-corrected chi connectivity index (χ2v) is 12.8. The number of benzene rings is 3. The van der Waals surface area contributed by atoms with Crippen LogP contribution in [0.2, 0.25) is 5.02 Å². The fraction of sp³-hybridized carbons (Fsp3) is 0.270. The molecule has 0 radical (unpaired) electrons. The monoisotopic (exact) mass is 734 g/mol. The van der Waals surface area contributed by atoms with Gasteiger partial charge in [-0.1, -0.05) is 48.0 Å². The molecule has 52 heavy (non-hydrogen) atoms. The summed E-state index contributed by atoms with van der Waals surface area (Å²) < 4.78 is 63.3. The number of nitriles is 1. The fourth-order valence-corrected chi connectivity index (χ4v) is 6.53. The Morgan fingerprint density at radius 3 is 2.40 bits per heavy atom. The number of carbonyl (C=O) groups excluding carboxylic acids is 3. The number of anilines is 2. The van der Waals surface area contributed by atoms with E-state index < -0.39 is 71.9 Å². The van der Waals surface area contributed by atoms with Gasteiger partial charge >= 0.3 is 0 Å².